The van der Waals surface area contributed by atoms with Gasteiger partial charge in [0.1, 0.15) is 0 Å². The van der Waals surface area contributed by atoms with Crippen LogP contribution < -0.4 is 5.32 Å². The van der Waals surface area contributed by atoms with E-state index in [1.54, 1.807) is 0 Å². The van der Waals surface area contributed by atoms with Gasteiger partial charge >= 0.3 is 6.03 Å². The highest BCUT2D eigenvalue weighted by molar-refractivity contribution is 5.95. The molecule has 0 radical (unpaired) electrons. The molecule has 1 saturated heterocycles. The van der Waals surface area contributed by atoms with Gasteiger partial charge in [-0.05, 0) is 5.41 Å². The molecule has 1 heterocycles. The molecule has 0 aromatic rings. The minimum atomic E-state index is -0.271. The normalized spacial score (nSPS) is 23.2. The van der Waals surface area contributed by atoms with E-state index < -0.39 is 0 Å². The van der Waals surface area contributed by atoms with Crippen LogP contribution in [-0.2, 0) is 4.79 Å². The topological polar surface area (TPSA) is 49.4 Å². The van der Waals surface area contributed by atoms with Crippen molar-refractivity contribution < 1.29 is 9.59 Å². The molecule has 1 fully saturated rings. The van der Waals surface area contributed by atoms with Crippen molar-refractivity contribution in [2.75, 3.05) is 6.54 Å². The average molecular weight is 184 g/mol. The van der Waals surface area contributed by atoms with Gasteiger partial charge in [0.25, 0.3) is 0 Å². The molecule has 0 spiro atoms. The Morgan fingerprint density at radius 2 is 2.08 bits per heavy atom. The van der Waals surface area contributed by atoms with Crippen LogP contribution in [0.5, 0.6) is 0 Å². The van der Waals surface area contributed by atoms with E-state index in [2.05, 4.69) is 5.32 Å². The molecule has 0 saturated carbocycles. The maximum atomic E-state index is 11.3. The largest absolute Gasteiger partial charge is 0.333 e. The Bertz CT molecular complexity index is 242. The maximum absolute atomic E-state index is 11.3. The fourth-order valence-corrected chi connectivity index (χ4v) is 1.30. The third-order valence-corrected chi connectivity index (χ3v) is 2.33. The van der Waals surface area contributed by atoms with Gasteiger partial charge in [0, 0.05) is 6.92 Å². The molecule has 1 N–H and O–H groups in total. The first-order valence-electron chi connectivity index (χ1n) is 4.41. The molecule has 3 amide bonds. The summed E-state index contributed by atoms with van der Waals surface area (Å²) in [4.78, 5) is 23.5. The summed E-state index contributed by atoms with van der Waals surface area (Å²) in [6, 6.07) is -0.212. The highest BCUT2D eigenvalue weighted by Crippen LogP contribution is 2.23. The number of hydrogen-bond donors (Lipinski definition) is 1. The molecular formula is C9H16N2O2. The first-order chi connectivity index (χ1) is 5.82. The van der Waals surface area contributed by atoms with Gasteiger partial charge in [-0.3, -0.25) is 9.69 Å². The van der Waals surface area contributed by atoms with E-state index in [4.69, 9.17) is 0 Å². The quantitative estimate of drug-likeness (QED) is 0.610. The second kappa shape index (κ2) is 3.01. The van der Waals surface area contributed by atoms with Crippen LogP contribution in [0, 0.1) is 5.41 Å². The van der Waals surface area contributed by atoms with E-state index in [0.29, 0.717) is 6.54 Å². The number of nitrogens with zero attached hydrogens (tertiary/aromatic N) is 1. The van der Waals surface area contributed by atoms with Gasteiger partial charge in [-0.25, -0.2) is 4.79 Å². The zero-order valence-corrected chi connectivity index (χ0v) is 8.55. The Morgan fingerprint density at radius 1 is 1.54 bits per heavy atom. The number of urea groups is 1. The van der Waals surface area contributed by atoms with Crippen molar-refractivity contribution in [2.45, 2.75) is 33.7 Å². The van der Waals surface area contributed by atoms with Gasteiger partial charge in [0.2, 0.25) is 5.91 Å². The smallest absolute Gasteiger partial charge is 0.324 e. The van der Waals surface area contributed by atoms with Crippen molar-refractivity contribution in [2.24, 2.45) is 5.41 Å². The zero-order valence-electron chi connectivity index (χ0n) is 8.55. The predicted octanol–water partition coefficient (Wildman–Crippen LogP) is 0.973. The number of imide groups is 1. The van der Waals surface area contributed by atoms with Crippen LogP contribution in [0.25, 0.3) is 0 Å². The lowest BCUT2D eigenvalue weighted by Gasteiger charge is -2.25. The van der Waals surface area contributed by atoms with Crippen molar-refractivity contribution in [3.8, 4) is 0 Å². The highest BCUT2D eigenvalue weighted by Gasteiger charge is 2.37. The fourth-order valence-electron chi connectivity index (χ4n) is 1.30. The van der Waals surface area contributed by atoms with Crippen LogP contribution in [0.4, 0.5) is 4.79 Å². The summed E-state index contributed by atoms with van der Waals surface area (Å²) in [5.74, 6) is -0.191. The number of amides is 3. The van der Waals surface area contributed by atoms with Crippen molar-refractivity contribution in [3.63, 3.8) is 0 Å². The van der Waals surface area contributed by atoms with E-state index in [-0.39, 0.29) is 23.4 Å². The van der Waals surface area contributed by atoms with E-state index in [1.807, 2.05) is 20.8 Å². The van der Waals surface area contributed by atoms with Gasteiger partial charge in [-0.1, -0.05) is 20.8 Å². The molecule has 4 nitrogen and oxygen atoms in total. The summed E-state index contributed by atoms with van der Waals surface area (Å²) in [5.41, 5.74) is -0.000139. The van der Waals surface area contributed by atoms with Crippen LogP contribution in [0.1, 0.15) is 27.7 Å². The number of hydrogen-bond acceptors (Lipinski definition) is 2. The molecule has 1 aliphatic heterocycles. The Kier molecular flexibility index (Phi) is 2.32. The lowest BCUT2D eigenvalue weighted by Crippen LogP contribution is -2.38. The maximum Gasteiger partial charge on any atom is 0.324 e. The molecular weight excluding hydrogens is 168 g/mol. The second-order valence-corrected chi connectivity index (χ2v) is 4.50. The third kappa shape index (κ3) is 1.99. The van der Waals surface area contributed by atoms with Crippen LogP contribution in [0.15, 0.2) is 0 Å². The van der Waals surface area contributed by atoms with E-state index in [1.165, 1.54) is 11.8 Å². The number of carbonyl (C=O) groups excluding carboxylic acids is 2. The Morgan fingerprint density at radius 3 is 2.31 bits per heavy atom. The molecule has 13 heavy (non-hydrogen) atoms. The summed E-state index contributed by atoms with van der Waals surface area (Å²) in [6.07, 6.45) is 0. The minimum Gasteiger partial charge on any atom is -0.333 e. The Labute approximate surface area is 78.3 Å². The number of nitrogens with one attached hydrogen (secondary N) is 1. The molecule has 0 aromatic heterocycles. The third-order valence-electron chi connectivity index (χ3n) is 2.33. The van der Waals surface area contributed by atoms with Crippen molar-refractivity contribution in [1.82, 2.24) is 10.2 Å². The highest BCUT2D eigenvalue weighted by atomic mass is 16.2. The fraction of sp³-hybridized carbons (Fsp3) is 0.778. The van der Waals surface area contributed by atoms with Gasteiger partial charge in [-0.2, -0.15) is 0 Å². The van der Waals surface area contributed by atoms with Gasteiger partial charge in [0.05, 0.1) is 12.6 Å². The average Bonchev–Trinajstić information content (AvgIpc) is 2.29. The first kappa shape index (κ1) is 10.0. The molecule has 0 aromatic carbocycles. The molecule has 4 heteroatoms. The second-order valence-electron chi connectivity index (χ2n) is 4.50. The predicted molar refractivity (Wildman–Crippen MR) is 49.2 cm³/mol. The molecule has 74 valence electrons. The number of carbonyl (C=O) groups is 2. The lowest BCUT2D eigenvalue weighted by molar-refractivity contribution is -0.125. The van der Waals surface area contributed by atoms with Gasteiger partial charge < -0.3 is 5.32 Å². The molecule has 0 unspecified atom stereocenters. The van der Waals surface area contributed by atoms with Crippen LogP contribution in [0.2, 0.25) is 0 Å². The van der Waals surface area contributed by atoms with Crippen LogP contribution in [-0.4, -0.2) is 29.4 Å². The van der Waals surface area contributed by atoms with Crippen molar-refractivity contribution in [1.29, 1.82) is 0 Å². The Balaban J connectivity index is 2.71. The number of rotatable bonds is 0. The summed E-state index contributed by atoms with van der Waals surface area (Å²) in [6.45, 7) is 8.02. The molecule has 1 aliphatic rings. The first-order valence-corrected chi connectivity index (χ1v) is 4.41. The van der Waals surface area contributed by atoms with Crippen LogP contribution in [0.3, 0.4) is 0 Å². The molecule has 1 rings (SSSR count). The van der Waals surface area contributed by atoms with Crippen molar-refractivity contribution >= 4 is 11.9 Å². The lowest BCUT2D eigenvalue weighted by atomic mass is 9.87. The SMILES string of the molecule is CC(=O)N1C[C@H](C(C)(C)C)NC1=O. The Hall–Kier alpha value is -1.06. The summed E-state index contributed by atoms with van der Waals surface area (Å²) in [5, 5.41) is 2.79. The zero-order chi connectivity index (χ0) is 10.2. The molecule has 0 bridgehead atoms. The van der Waals surface area contributed by atoms with Crippen molar-refractivity contribution in [3.05, 3.63) is 0 Å². The minimum absolute atomic E-state index is 0.000139. The van der Waals surface area contributed by atoms with Crippen LogP contribution >= 0.6 is 0 Å². The van der Waals surface area contributed by atoms with E-state index in [0.717, 1.165) is 0 Å². The van der Waals surface area contributed by atoms with Gasteiger partial charge in [0.15, 0.2) is 0 Å². The molecule has 1 atom stereocenters. The standard InChI is InChI=1S/C9H16N2O2/c1-6(12)11-5-7(9(2,3)4)10-8(11)13/h7H,5H2,1-4H3,(H,10,13)/t7-/m1/s1. The summed E-state index contributed by atoms with van der Waals surface area (Å²) >= 11 is 0. The monoisotopic (exact) mass is 184 g/mol. The summed E-state index contributed by atoms with van der Waals surface area (Å²) in [7, 11) is 0. The summed E-state index contributed by atoms with van der Waals surface area (Å²) < 4.78 is 0. The van der Waals surface area contributed by atoms with Gasteiger partial charge in [-0.15, -0.1) is 0 Å². The van der Waals surface area contributed by atoms with E-state index in [9.17, 15) is 9.59 Å². The van der Waals surface area contributed by atoms with E-state index >= 15 is 0 Å². The molecule has 0 aliphatic carbocycles.